The number of nitrogens with zero attached hydrogens (tertiary/aromatic N) is 3. The second kappa shape index (κ2) is 12.6. The molecule has 212 valence electrons. The predicted octanol–water partition coefficient (Wildman–Crippen LogP) is 4.44. The Balaban J connectivity index is 1.87. The lowest BCUT2D eigenvalue weighted by Crippen LogP contribution is -2.40. The number of aromatic nitrogens is 1. The molecule has 0 saturated carbocycles. The van der Waals surface area contributed by atoms with Gasteiger partial charge < -0.3 is 19.1 Å². The van der Waals surface area contributed by atoms with Gasteiger partial charge in [0.2, 0.25) is 0 Å². The van der Waals surface area contributed by atoms with E-state index in [0.29, 0.717) is 37.7 Å². The van der Waals surface area contributed by atoms with E-state index in [2.05, 4.69) is 35.9 Å². The maximum atomic E-state index is 13.9. The van der Waals surface area contributed by atoms with Gasteiger partial charge in [-0.05, 0) is 83.0 Å². The lowest BCUT2D eigenvalue weighted by molar-refractivity contribution is -0.139. The van der Waals surface area contributed by atoms with Crippen molar-refractivity contribution in [2.75, 3.05) is 31.7 Å². The summed E-state index contributed by atoms with van der Waals surface area (Å²) < 4.78 is 19.0. The number of thiazole rings is 1. The van der Waals surface area contributed by atoms with Gasteiger partial charge in [-0.2, -0.15) is 0 Å². The molecule has 0 radical (unpaired) electrons. The minimum absolute atomic E-state index is 0.0456. The number of esters is 1. The van der Waals surface area contributed by atoms with Gasteiger partial charge in [0.05, 0.1) is 41.7 Å². The molecule has 2 heterocycles. The van der Waals surface area contributed by atoms with Crippen LogP contribution in [0.1, 0.15) is 58.7 Å². The van der Waals surface area contributed by atoms with Crippen molar-refractivity contribution in [3.63, 3.8) is 0 Å². The molecule has 1 aliphatic heterocycles. The molecule has 1 aliphatic rings. The third-order valence-electron chi connectivity index (χ3n) is 6.70. The summed E-state index contributed by atoms with van der Waals surface area (Å²) in [5.41, 5.74) is 3.36. The van der Waals surface area contributed by atoms with Crippen LogP contribution in [0.15, 0.2) is 63.5 Å². The van der Waals surface area contributed by atoms with Gasteiger partial charge in [0.1, 0.15) is 0 Å². The number of carbonyl (C=O) groups excluding carboxylic acids is 1. The Morgan fingerprint density at radius 1 is 1.10 bits per heavy atom. The van der Waals surface area contributed by atoms with Crippen LogP contribution in [0.4, 0.5) is 5.69 Å². The van der Waals surface area contributed by atoms with Gasteiger partial charge in [-0.3, -0.25) is 9.36 Å². The highest BCUT2D eigenvalue weighted by molar-refractivity contribution is 7.07. The number of benzene rings is 2. The predicted molar refractivity (Wildman–Crippen MR) is 159 cm³/mol. The highest BCUT2D eigenvalue weighted by atomic mass is 32.1. The second-order valence-electron chi connectivity index (χ2n) is 9.64. The summed E-state index contributed by atoms with van der Waals surface area (Å²) in [4.78, 5) is 34.6. The molecule has 1 atom stereocenters. The van der Waals surface area contributed by atoms with Gasteiger partial charge in [-0.25, -0.2) is 9.79 Å². The number of rotatable bonds is 10. The van der Waals surface area contributed by atoms with E-state index in [9.17, 15) is 9.59 Å². The molecular formula is C31H37N3O5S. The minimum atomic E-state index is -0.732. The largest absolute Gasteiger partial charge is 0.493 e. The number of hydrogen-bond acceptors (Lipinski definition) is 8. The molecule has 3 aromatic rings. The second-order valence-corrected chi connectivity index (χ2v) is 10.7. The third-order valence-corrected chi connectivity index (χ3v) is 7.69. The van der Waals surface area contributed by atoms with E-state index in [1.54, 1.807) is 31.6 Å². The summed E-state index contributed by atoms with van der Waals surface area (Å²) in [5, 5.41) is 0. The van der Waals surface area contributed by atoms with Crippen molar-refractivity contribution in [3.8, 4) is 11.5 Å². The van der Waals surface area contributed by atoms with Crippen LogP contribution in [0, 0.1) is 0 Å². The van der Waals surface area contributed by atoms with Crippen LogP contribution in [-0.2, 0) is 9.53 Å². The van der Waals surface area contributed by atoms with Crippen molar-refractivity contribution in [1.29, 1.82) is 0 Å². The Labute approximate surface area is 238 Å². The first-order valence-electron chi connectivity index (χ1n) is 13.6. The Bertz CT molecular complexity index is 1580. The highest BCUT2D eigenvalue weighted by Gasteiger charge is 2.34. The van der Waals surface area contributed by atoms with Gasteiger partial charge in [0, 0.05) is 18.8 Å². The zero-order valence-electron chi connectivity index (χ0n) is 24.2. The van der Waals surface area contributed by atoms with Gasteiger partial charge in [-0.15, -0.1) is 0 Å². The normalized spacial score (nSPS) is 15.1. The highest BCUT2D eigenvalue weighted by Crippen LogP contribution is 2.36. The molecule has 0 fully saturated rings. The van der Waals surface area contributed by atoms with Crippen LogP contribution in [0.3, 0.4) is 0 Å². The zero-order valence-corrected chi connectivity index (χ0v) is 25.0. The van der Waals surface area contributed by atoms with Gasteiger partial charge >= 0.3 is 5.97 Å². The van der Waals surface area contributed by atoms with Gasteiger partial charge in [0.25, 0.3) is 5.56 Å². The van der Waals surface area contributed by atoms with Gasteiger partial charge in [0.15, 0.2) is 16.3 Å². The lowest BCUT2D eigenvalue weighted by atomic mass is 9.95. The van der Waals surface area contributed by atoms with E-state index in [-0.39, 0.29) is 18.3 Å². The molecule has 0 aliphatic carbocycles. The van der Waals surface area contributed by atoms with Crippen molar-refractivity contribution >= 4 is 29.1 Å². The van der Waals surface area contributed by atoms with Crippen molar-refractivity contribution in [2.24, 2.45) is 4.99 Å². The number of allylic oxidation sites excluding steroid dienone is 1. The fourth-order valence-corrected chi connectivity index (χ4v) is 5.88. The smallest absolute Gasteiger partial charge is 0.338 e. The maximum absolute atomic E-state index is 13.9. The Morgan fingerprint density at radius 3 is 2.40 bits per heavy atom. The number of carbonyl (C=O) groups is 1. The fraction of sp³-hybridized carbons (Fsp3) is 0.387. The van der Waals surface area contributed by atoms with E-state index in [4.69, 9.17) is 14.2 Å². The first-order chi connectivity index (χ1) is 19.2. The third kappa shape index (κ3) is 5.84. The standard InChI is InChI=1S/C31H37N3O5S/c1-8-33(9-2)23-14-11-21(12-15-23)17-26-29(35)34-28(22-13-16-24(39-19(4)5)25(18-22)37-7)27(30(36)38-10-3)20(6)32-31(34)40-26/h11-19,28H,8-10H2,1-7H3/b26-17-/t28-/m0/s1. The molecule has 0 bridgehead atoms. The molecule has 0 amide bonds. The van der Waals surface area contributed by atoms with Crippen LogP contribution < -0.4 is 29.3 Å². The quantitative estimate of drug-likeness (QED) is 0.339. The number of ether oxygens (including phenoxy) is 3. The number of hydrogen-bond donors (Lipinski definition) is 0. The molecule has 40 heavy (non-hydrogen) atoms. The van der Waals surface area contributed by atoms with Gasteiger partial charge in [-0.1, -0.05) is 29.5 Å². The van der Waals surface area contributed by atoms with E-state index >= 15 is 0 Å². The van der Waals surface area contributed by atoms with E-state index in [1.165, 1.54) is 11.3 Å². The van der Waals surface area contributed by atoms with Crippen molar-refractivity contribution < 1.29 is 19.0 Å². The molecular weight excluding hydrogens is 526 g/mol. The molecule has 9 heteroatoms. The SMILES string of the molecule is CCOC(=O)C1=C(C)N=c2s/c(=C\c3ccc(N(CC)CC)cc3)c(=O)n2[C@H]1c1ccc(OC(C)C)c(OC)c1. The summed E-state index contributed by atoms with van der Waals surface area (Å²) in [6, 6.07) is 12.9. The fourth-order valence-electron chi connectivity index (χ4n) is 4.83. The topological polar surface area (TPSA) is 82.4 Å². The minimum Gasteiger partial charge on any atom is -0.493 e. The van der Waals surface area contributed by atoms with Crippen LogP contribution in [-0.4, -0.2) is 43.4 Å². The summed E-state index contributed by atoms with van der Waals surface area (Å²) in [6.45, 7) is 13.7. The first kappa shape index (κ1) is 29.1. The van der Waals surface area contributed by atoms with E-state index in [0.717, 1.165) is 24.3 Å². The van der Waals surface area contributed by atoms with Crippen LogP contribution >= 0.6 is 11.3 Å². The van der Waals surface area contributed by atoms with E-state index < -0.39 is 12.0 Å². The zero-order chi connectivity index (χ0) is 29.0. The Hall–Kier alpha value is -3.85. The average Bonchev–Trinajstić information content (AvgIpc) is 3.23. The molecule has 4 rings (SSSR count). The molecule has 2 aromatic carbocycles. The summed E-state index contributed by atoms with van der Waals surface area (Å²) in [5.74, 6) is 0.594. The maximum Gasteiger partial charge on any atom is 0.338 e. The summed E-state index contributed by atoms with van der Waals surface area (Å²) in [6.07, 6.45) is 1.83. The molecule has 1 aromatic heterocycles. The number of anilines is 1. The molecule has 0 unspecified atom stereocenters. The van der Waals surface area contributed by atoms with Crippen LogP contribution in [0.5, 0.6) is 11.5 Å². The Morgan fingerprint density at radius 2 is 1.80 bits per heavy atom. The van der Waals surface area contributed by atoms with Crippen molar-refractivity contribution in [2.45, 2.75) is 53.7 Å². The lowest BCUT2D eigenvalue weighted by Gasteiger charge is -2.25. The molecule has 0 spiro atoms. The van der Waals surface area contributed by atoms with Crippen molar-refractivity contribution in [1.82, 2.24) is 4.57 Å². The number of fused-ring (bicyclic) bond motifs is 1. The average molecular weight is 564 g/mol. The Kier molecular flexibility index (Phi) is 9.14. The summed E-state index contributed by atoms with van der Waals surface area (Å²) >= 11 is 1.30. The monoisotopic (exact) mass is 563 g/mol. The molecule has 0 saturated heterocycles. The molecule has 0 N–H and O–H groups in total. The first-order valence-corrected chi connectivity index (χ1v) is 14.4. The van der Waals surface area contributed by atoms with E-state index in [1.807, 2.05) is 44.2 Å². The molecule has 8 nitrogen and oxygen atoms in total. The van der Waals surface area contributed by atoms with Crippen molar-refractivity contribution in [3.05, 3.63) is 84.5 Å². The number of methoxy groups -OCH3 is 1. The van der Waals surface area contributed by atoms with Crippen LogP contribution in [0.25, 0.3) is 6.08 Å². The summed E-state index contributed by atoms with van der Waals surface area (Å²) in [7, 11) is 1.57. The van der Waals surface area contributed by atoms with Crippen LogP contribution in [0.2, 0.25) is 0 Å².